The molecule has 1 atom stereocenters. The molecule has 0 fully saturated rings. The van der Waals surface area contributed by atoms with Crippen LogP contribution in [0.2, 0.25) is 0 Å². The van der Waals surface area contributed by atoms with Crippen LogP contribution in [0.3, 0.4) is 0 Å². The van der Waals surface area contributed by atoms with Crippen molar-refractivity contribution >= 4 is 39.1 Å². The van der Waals surface area contributed by atoms with Crippen molar-refractivity contribution in [1.29, 1.82) is 0 Å². The molecule has 8 heteroatoms. The summed E-state index contributed by atoms with van der Waals surface area (Å²) in [5.41, 5.74) is 1.71. The number of aliphatic hydroxyl groups is 1. The number of hydrogen-bond acceptors (Lipinski definition) is 7. The summed E-state index contributed by atoms with van der Waals surface area (Å²) >= 11 is 3.42. The van der Waals surface area contributed by atoms with Crippen LogP contribution in [-0.2, 0) is 4.74 Å². The van der Waals surface area contributed by atoms with Gasteiger partial charge in [-0.25, -0.2) is 10.8 Å². The monoisotopic (exact) mass is 421 g/mol. The maximum Gasteiger partial charge on any atom is 0.229 e. The predicted octanol–water partition coefficient (Wildman–Crippen LogP) is 3.30. The van der Waals surface area contributed by atoms with E-state index in [0.717, 1.165) is 11.3 Å². The number of halogens is 1. The molecule has 0 radical (unpaired) electrons. The van der Waals surface area contributed by atoms with E-state index < -0.39 is 0 Å². The van der Waals surface area contributed by atoms with Crippen molar-refractivity contribution in [2.75, 3.05) is 24.0 Å². The van der Waals surface area contributed by atoms with E-state index in [2.05, 4.69) is 37.8 Å². The first-order valence-corrected chi connectivity index (χ1v) is 8.94. The summed E-state index contributed by atoms with van der Waals surface area (Å²) in [6, 6.07) is 7.30. The van der Waals surface area contributed by atoms with Crippen LogP contribution in [-0.4, -0.2) is 34.8 Å². The van der Waals surface area contributed by atoms with E-state index in [1.54, 1.807) is 13.3 Å². The summed E-state index contributed by atoms with van der Waals surface area (Å²) in [5.74, 6) is 7.84. The van der Waals surface area contributed by atoms with Gasteiger partial charge in [0.25, 0.3) is 0 Å². The van der Waals surface area contributed by atoms with Gasteiger partial charge in [0.2, 0.25) is 5.95 Å². The number of hydrazine groups is 1. The summed E-state index contributed by atoms with van der Waals surface area (Å²) in [4.78, 5) is 8.74. The normalized spacial score (nSPS) is 12.0. The third-order valence-corrected chi connectivity index (χ3v) is 4.55. The zero-order valence-corrected chi connectivity index (χ0v) is 16.7. The number of methoxy groups -OCH3 is 1. The lowest BCUT2D eigenvalue weighted by atomic mass is 10.1. The van der Waals surface area contributed by atoms with Gasteiger partial charge in [-0.05, 0) is 46.1 Å². The molecule has 1 aromatic carbocycles. The minimum atomic E-state index is -0.256. The van der Waals surface area contributed by atoms with Crippen LogP contribution in [0.25, 0.3) is 5.76 Å². The van der Waals surface area contributed by atoms with Crippen molar-refractivity contribution in [2.24, 2.45) is 11.8 Å². The van der Waals surface area contributed by atoms with Crippen LogP contribution in [0.5, 0.6) is 0 Å². The molecule has 0 amide bonds. The zero-order valence-electron chi connectivity index (χ0n) is 15.1. The number of rotatable bonds is 8. The lowest BCUT2D eigenvalue weighted by Crippen LogP contribution is -2.47. The minimum absolute atomic E-state index is 0.0712. The molecular weight excluding hydrogens is 398 g/mol. The van der Waals surface area contributed by atoms with Gasteiger partial charge in [0, 0.05) is 17.4 Å². The molecular formula is C18H24BrN5O2. The highest BCUT2D eigenvalue weighted by molar-refractivity contribution is 9.10. The molecule has 0 saturated heterocycles. The lowest BCUT2D eigenvalue weighted by molar-refractivity contribution is 0.230. The number of anilines is 3. The first-order chi connectivity index (χ1) is 12.4. The SMILES string of the molecule is C=C(OC)c1ccc(Nc2ncc(Br)c(N(N)C(CO)C(C)C)n2)cc1. The molecule has 0 aliphatic rings. The molecule has 0 spiro atoms. The highest BCUT2D eigenvalue weighted by atomic mass is 79.9. The third kappa shape index (κ3) is 4.72. The number of benzene rings is 1. The largest absolute Gasteiger partial charge is 0.497 e. The van der Waals surface area contributed by atoms with Gasteiger partial charge in [0.05, 0.1) is 24.2 Å². The quantitative estimate of drug-likeness (QED) is 0.341. The number of nitrogens with zero attached hydrogens (tertiary/aromatic N) is 3. The van der Waals surface area contributed by atoms with Crippen LogP contribution < -0.4 is 16.2 Å². The highest BCUT2D eigenvalue weighted by Gasteiger charge is 2.22. The Balaban J connectivity index is 2.22. The molecule has 2 rings (SSSR count). The molecule has 4 N–H and O–H groups in total. The van der Waals surface area contributed by atoms with E-state index >= 15 is 0 Å². The molecule has 1 heterocycles. The number of nitrogens with one attached hydrogen (secondary N) is 1. The van der Waals surface area contributed by atoms with Crippen molar-refractivity contribution < 1.29 is 9.84 Å². The second-order valence-electron chi connectivity index (χ2n) is 6.10. The van der Waals surface area contributed by atoms with Gasteiger partial charge in [-0.2, -0.15) is 4.98 Å². The maximum atomic E-state index is 9.60. The fraction of sp³-hybridized carbons (Fsp3) is 0.333. The standard InChI is InChI=1S/C18H24BrN5O2/c1-11(2)16(10-25)24(20)17-15(19)9-21-18(23-17)22-14-7-5-13(6-8-14)12(3)26-4/h5-9,11,16,25H,3,10,20H2,1-2,4H3,(H,21,22,23). The molecule has 0 aliphatic carbocycles. The number of aromatic nitrogens is 2. The second-order valence-corrected chi connectivity index (χ2v) is 6.95. The van der Waals surface area contributed by atoms with Gasteiger partial charge < -0.3 is 15.2 Å². The van der Waals surface area contributed by atoms with Gasteiger partial charge in [-0.1, -0.05) is 20.4 Å². The molecule has 140 valence electrons. The van der Waals surface area contributed by atoms with Crippen molar-refractivity contribution in [3.63, 3.8) is 0 Å². The average Bonchev–Trinajstić information content (AvgIpc) is 2.63. The number of nitrogens with two attached hydrogens (primary N) is 1. The summed E-state index contributed by atoms with van der Waals surface area (Å²) in [6.07, 6.45) is 1.63. The van der Waals surface area contributed by atoms with Crippen molar-refractivity contribution in [3.8, 4) is 0 Å². The van der Waals surface area contributed by atoms with Gasteiger partial charge >= 0.3 is 0 Å². The Morgan fingerprint density at radius 3 is 2.58 bits per heavy atom. The van der Waals surface area contributed by atoms with E-state index in [0.29, 0.717) is 22.0 Å². The molecule has 7 nitrogen and oxygen atoms in total. The van der Waals surface area contributed by atoms with E-state index in [9.17, 15) is 5.11 Å². The molecule has 0 bridgehead atoms. The molecule has 0 saturated carbocycles. The van der Waals surface area contributed by atoms with Crippen LogP contribution in [0.1, 0.15) is 19.4 Å². The predicted molar refractivity (Wildman–Crippen MR) is 108 cm³/mol. The van der Waals surface area contributed by atoms with Crippen molar-refractivity contribution in [1.82, 2.24) is 9.97 Å². The number of aliphatic hydroxyl groups excluding tert-OH is 1. The summed E-state index contributed by atoms with van der Waals surface area (Å²) in [7, 11) is 1.58. The molecule has 26 heavy (non-hydrogen) atoms. The Kier molecular flexibility index (Phi) is 6.96. The summed E-state index contributed by atoms with van der Waals surface area (Å²) in [5, 5.41) is 14.2. The smallest absolute Gasteiger partial charge is 0.229 e. The Morgan fingerprint density at radius 1 is 1.38 bits per heavy atom. The first kappa shape index (κ1) is 20.2. The van der Waals surface area contributed by atoms with E-state index in [4.69, 9.17) is 10.6 Å². The molecule has 0 aliphatic heterocycles. The Morgan fingerprint density at radius 2 is 2.04 bits per heavy atom. The minimum Gasteiger partial charge on any atom is -0.497 e. The highest BCUT2D eigenvalue weighted by Crippen LogP contribution is 2.27. The Labute approximate surface area is 162 Å². The van der Waals surface area contributed by atoms with Crippen LogP contribution in [0.4, 0.5) is 17.5 Å². The maximum absolute atomic E-state index is 9.60. The van der Waals surface area contributed by atoms with E-state index in [1.807, 2.05) is 38.1 Å². The molecule has 1 aromatic heterocycles. The van der Waals surface area contributed by atoms with Crippen molar-refractivity contribution in [3.05, 3.63) is 47.1 Å². The Bertz CT molecular complexity index is 752. The molecule has 2 aromatic rings. The zero-order chi connectivity index (χ0) is 19.3. The molecule has 1 unspecified atom stereocenters. The average molecular weight is 422 g/mol. The van der Waals surface area contributed by atoms with Crippen LogP contribution in [0.15, 0.2) is 41.5 Å². The van der Waals surface area contributed by atoms with Gasteiger partial charge in [0.1, 0.15) is 5.76 Å². The number of ether oxygens (including phenoxy) is 1. The van der Waals surface area contributed by atoms with Crippen LogP contribution >= 0.6 is 15.9 Å². The fourth-order valence-corrected chi connectivity index (χ4v) is 2.76. The van der Waals surface area contributed by atoms with Crippen molar-refractivity contribution in [2.45, 2.75) is 19.9 Å². The summed E-state index contributed by atoms with van der Waals surface area (Å²) in [6.45, 7) is 7.73. The third-order valence-electron chi connectivity index (χ3n) is 3.99. The van der Waals surface area contributed by atoms with Gasteiger partial charge in [0.15, 0.2) is 5.82 Å². The summed E-state index contributed by atoms with van der Waals surface area (Å²) < 4.78 is 5.77. The van der Waals surface area contributed by atoms with Crippen LogP contribution in [0, 0.1) is 5.92 Å². The second kappa shape index (κ2) is 8.98. The first-order valence-electron chi connectivity index (χ1n) is 8.15. The topological polar surface area (TPSA) is 96.5 Å². The Hall–Kier alpha value is -2.16. The van der Waals surface area contributed by atoms with E-state index in [-0.39, 0.29) is 18.6 Å². The lowest BCUT2D eigenvalue weighted by Gasteiger charge is -2.30. The van der Waals surface area contributed by atoms with Gasteiger partial charge in [-0.15, -0.1) is 0 Å². The van der Waals surface area contributed by atoms with E-state index in [1.165, 1.54) is 5.01 Å². The van der Waals surface area contributed by atoms with Gasteiger partial charge in [-0.3, -0.25) is 5.01 Å². The number of hydrogen-bond donors (Lipinski definition) is 3. The fourth-order valence-electron chi connectivity index (χ4n) is 2.36.